The van der Waals surface area contributed by atoms with Gasteiger partial charge >= 0.3 is 0 Å². The molecule has 0 aliphatic heterocycles. The number of hydrogen-bond acceptors (Lipinski definition) is 3. The molecule has 96 valence electrons. The van der Waals surface area contributed by atoms with Gasteiger partial charge in [-0.3, -0.25) is 0 Å². The molecule has 17 heavy (non-hydrogen) atoms. The highest BCUT2D eigenvalue weighted by Gasteiger charge is 2.32. The Morgan fingerprint density at radius 2 is 2.00 bits per heavy atom. The molecular weight excluding hydrogens is 214 g/mol. The Balaban J connectivity index is 4.68. The Labute approximate surface area is 105 Å². The number of methoxy groups -OCH3 is 2. The van der Waals surface area contributed by atoms with Gasteiger partial charge in [-0.15, -0.1) is 5.73 Å². The lowest BCUT2D eigenvalue weighted by atomic mass is 9.77. The van der Waals surface area contributed by atoms with Crippen molar-refractivity contribution in [1.82, 2.24) is 0 Å². The van der Waals surface area contributed by atoms with Crippen LogP contribution in [0.5, 0.6) is 0 Å². The number of rotatable bonds is 9. The molecule has 0 heterocycles. The van der Waals surface area contributed by atoms with Crippen LogP contribution in [0.4, 0.5) is 0 Å². The second-order valence-electron chi connectivity index (χ2n) is 4.19. The molecule has 3 nitrogen and oxygen atoms in total. The number of nitriles is 1. The first-order chi connectivity index (χ1) is 8.17. The number of allylic oxidation sites excluding steroid dienone is 1. The quantitative estimate of drug-likeness (QED) is 0.456. The summed E-state index contributed by atoms with van der Waals surface area (Å²) in [5, 5.41) is 9.44. The molecule has 0 radical (unpaired) electrons. The predicted molar refractivity (Wildman–Crippen MR) is 68.3 cm³/mol. The van der Waals surface area contributed by atoms with Gasteiger partial charge in [0.15, 0.2) is 6.29 Å². The predicted octanol–water partition coefficient (Wildman–Crippen LogP) is 3.43. The number of hydrogen-bond donors (Lipinski definition) is 0. The van der Waals surface area contributed by atoms with E-state index in [9.17, 15) is 5.26 Å². The smallest absolute Gasteiger partial charge is 0.158 e. The van der Waals surface area contributed by atoms with Gasteiger partial charge in [-0.2, -0.15) is 5.26 Å². The average molecular weight is 237 g/mol. The molecule has 0 rings (SSSR count). The molecule has 0 spiro atoms. The SMILES string of the molecule is C=C=CCCC(C#N)(CCC)CC(OC)OC. The molecule has 1 unspecified atom stereocenters. The normalized spacial score (nSPS) is 13.8. The van der Waals surface area contributed by atoms with Gasteiger partial charge in [0.2, 0.25) is 0 Å². The fraction of sp³-hybridized carbons (Fsp3) is 0.714. The van der Waals surface area contributed by atoms with E-state index in [-0.39, 0.29) is 11.7 Å². The zero-order valence-electron chi connectivity index (χ0n) is 11.2. The minimum absolute atomic E-state index is 0.311. The lowest BCUT2D eigenvalue weighted by Crippen LogP contribution is -2.27. The molecule has 0 aromatic rings. The van der Waals surface area contributed by atoms with Gasteiger partial charge in [0.1, 0.15) is 0 Å². The first-order valence-corrected chi connectivity index (χ1v) is 5.99. The van der Waals surface area contributed by atoms with E-state index in [1.807, 2.05) is 6.08 Å². The van der Waals surface area contributed by atoms with Crippen molar-refractivity contribution in [1.29, 1.82) is 5.26 Å². The van der Waals surface area contributed by atoms with Crippen molar-refractivity contribution in [3.63, 3.8) is 0 Å². The third-order valence-corrected chi connectivity index (χ3v) is 2.96. The van der Waals surface area contributed by atoms with Crippen LogP contribution in [0.15, 0.2) is 18.4 Å². The van der Waals surface area contributed by atoms with E-state index >= 15 is 0 Å². The highest BCUT2D eigenvalue weighted by molar-refractivity contribution is 5.00. The van der Waals surface area contributed by atoms with Crippen LogP contribution in [0, 0.1) is 16.7 Å². The van der Waals surface area contributed by atoms with Crippen molar-refractivity contribution in [2.45, 2.75) is 45.3 Å². The summed E-state index contributed by atoms with van der Waals surface area (Å²) in [7, 11) is 3.21. The van der Waals surface area contributed by atoms with Crippen LogP contribution in [-0.2, 0) is 9.47 Å². The van der Waals surface area contributed by atoms with Gasteiger partial charge in [-0.05, 0) is 25.3 Å². The van der Waals surface area contributed by atoms with Gasteiger partial charge in [0, 0.05) is 20.6 Å². The highest BCUT2D eigenvalue weighted by atomic mass is 16.7. The maximum absolute atomic E-state index is 9.44. The van der Waals surface area contributed by atoms with Crippen LogP contribution in [-0.4, -0.2) is 20.5 Å². The highest BCUT2D eigenvalue weighted by Crippen LogP contribution is 2.35. The summed E-state index contributed by atoms with van der Waals surface area (Å²) in [6.45, 7) is 5.62. The minimum atomic E-state index is -0.376. The Morgan fingerprint density at radius 3 is 2.41 bits per heavy atom. The Hall–Kier alpha value is -1.07. The first kappa shape index (κ1) is 15.9. The molecule has 0 aliphatic rings. The van der Waals surface area contributed by atoms with Gasteiger partial charge in [-0.25, -0.2) is 0 Å². The summed E-state index contributed by atoms with van der Waals surface area (Å²) in [6, 6.07) is 2.45. The summed E-state index contributed by atoms with van der Waals surface area (Å²) < 4.78 is 10.4. The molecule has 0 aliphatic carbocycles. The fourth-order valence-corrected chi connectivity index (χ4v) is 2.00. The maximum Gasteiger partial charge on any atom is 0.158 e. The Bertz CT molecular complexity index is 285. The van der Waals surface area contributed by atoms with E-state index in [4.69, 9.17) is 9.47 Å². The lowest BCUT2D eigenvalue weighted by molar-refractivity contribution is -0.121. The summed E-state index contributed by atoms with van der Waals surface area (Å²) in [5.41, 5.74) is 2.36. The topological polar surface area (TPSA) is 42.2 Å². The zero-order valence-corrected chi connectivity index (χ0v) is 11.2. The maximum atomic E-state index is 9.44. The monoisotopic (exact) mass is 237 g/mol. The molecule has 1 atom stereocenters. The van der Waals surface area contributed by atoms with Crippen LogP contribution in [0.2, 0.25) is 0 Å². The van der Waals surface area contributed by atoms with Crippen molar-refractivity contribution < 1.29 is 9.47 Å². The molecule has 0 amide bonds. The Kier molecular flexibility index (Phi) is 8.44. The minimum Gasteiger partial charge on any atom is -0.356 e. The molecule has 0 aromatic carbocycles. The van der Waals surface area contributed by atoms with Crippen molar-refractivity contribution >= 4 is 0 Å². The standard InChI is InChI=1S/C14H23NO2/c1-5-7-8-10-14(12-15,9-6-2)11-13(16-3)17-4/h7,13H,1,6,8-11H2,2-4H3. The van der Waals surface area contributed by atoms with Gasteiger partial charge in [0.05, 0.1) is 11.5 Å². The third-order valence-electron chi connectivity index (χ3n) is 2.96. The van der Waals surface area contributed by atoms with Gasteiger partial charge in [0.25, 0.3) is 0 Å². The van der Waals surface area contributed by atoms with Crippen molar-refractivity contribution in [2.75, 3.05) is 14.2 Å². The van der Waals surface area contributed by atoms with Crippen molar-refractivity contribution in [3.8, 4) is 6.07 Å². The van der Waals surface area contributed by atoms with Crippen LogP contribution in [0.3, 0.4) is 0 Å². The molecule has 0 bridgehead atoms. The van der Waals surface area contributed by atoms with E-state index in [1.165, 1.54) is 0 Å². The second-order valence-corrected chi connectivity index (χ2v) is 4.19. The fourth-order valence-electron chi connectivity index (χ4n) is 2.00. The summed E-state index contributed by atoms with van der Waals surface area (Å²) in [4.78, 5) is 0. The Morgan fingerprint density at radius 1 is 1.35 bits per heavy atom. The van der Waals surface area contributed by atoms with Crippen molar-refractivity contribution in [3.05, 3.63) is 18.4 Å². The molecule has 0 saturated carbocycles. The molecular formula is C14H23NO2. The zero-order chi connectivity index (χ0) is 13.1. The molecule has 0 saturated heterocycles. The van der Waals surface area contributed by atoms with Gasteiger partial charge < -0.3 is 9.47 Å². The number of ether oxygens (including phenoxy) is 2. The van der Waals surface area contributed by atoms with E-state index < -0.39 is 0 Å². The summed E-state index contributed by atoms with van der Waals surface area (Å²) >= 11 is 0. The van der Waals surface area contributed by atoms with Gasteiger partial charge in [-0.1, -0.05) is 19.9 Å². The van der Waals surface area contributed by atoms with Crippen LogP contribution in [0.25, 0.3) is 0 Å². The summed E-state index contributed by atoms with van der Waals surface area (Å²) in [5.74, 6) is 0. The van der Waals surface area contributed by atoms with E-state index in [0.29, 0.717) is 6.42 Å². The van der Waals surface area contributed by atoms with E-state index in [0.717, 1.165) is 25.7 Å². The van der Waals surface area contributed by atoms with Crippen LogP contribution in [0.1, 0.15) is 39.0 Å². The molecule has 0 aromatic heterocycles. The first-order valence-electron chi connectivity index (χ1n) is 5.99. The van der Waals surface area contributed by atoms with Crippen LogP contribution >= 0.6 is 0 Å². The van der Waals surface area contributed by atoms with Crippen LogP contribution < -0.4 is 0 Å². The number of nitrogens with zero attached hydrogens (tertiary/aromatic N) is 1. The molecule has 0 fully saturated rings. The van der Waals surface area contributed by atoms with E-state index in [1.54, 1.807) is 14.2 Å². The largest absolute Gasteiger partial charge is 0.356 e. The average Bonchev–Trinajstić information content (AvgIpc) is 2.36. The summed E-state index contributed by atoms with van der Waals surface area (Å²) in [6.07, 6.45) is 5.61. The van der Waals surface area contributed by atoms with Crippen molar-refractivity contribution in [2.24, 2.45) is 5.41 Å². The van der Waals surface area contributed by atoms with E-state index in [2.05, 4.69) is 25.3 Å². The molecule has 3 heteroatoms. The lowest BCUT2D eigenvalue weighted by Gasteiger charge is -2.29. The third kappa shape index (κ3) is 5.70. The second kappa shape index (κ2) is 9.01. The molecule has 0 N–H and O–H groups in total.